The van der Waals surface area contributed by atoms with Crippen LogP contribution in [0.25, 0.3) is 22.8 Å². The van der Waals surface area contributed by atoms with Crippen molar-refractivity contribution in [2.45, 2.75) is 39.7 Å². The number of benzene rings is 2. The van der Waals surface area contributed by atoms with Crippen molar-refractivity contribution in [2.24, 2.45) is 0 Å². The Morgan fingerprint density at radius 2 is 1.81 bits per heavy atom. The molecule has 158 valence electrons. The number of nitrogens with zero attached hydrogens (tertiary/aromatic N) is 3. The maximum absolute atomic E-state index is 12.9. The van der Waals surface area contributed by atoms with Crippen LogP contribution in [0.2, 0.25) is 0 Å². The van der Waals surface area contributed by atoms with Crippen LogP contribution in [0.1, 0.15) is 48.4 Å². The molecule has 1 amide bonds. The minimum Gasteiger partial charge on any atom is -0.436 e. The molecule has 1 N–H and O–H groups in total. The van der Waals surface area contributed by atoms with Gasteiger partial charge in [0, 0.05) is 16.5 Å². The lowest BCUT2D eigenvalue weighted by Gasteiger charge is -2.10. The van der Waals surface area contributed by atoms with Crippen LogP contribution >= 0.6 is 0 Å². The number of hydrogen-bond acceptors (Lipinski definition) is 6. The molecule has 0 aliphatic carbocycles. The van der Waals surface area contributed by atoms with Crippen molar-refractivity contribution < 1.29 is 13.7 Å². The molecule has 7 heteroatoms. The molecule has 0 aliphatic heterocycles. The van der Waals surface area contributed by atoms with Crippen molar-refractivity contribution in [1.82, 2.24) is 20.4 Å². The van der Waals surface area contributed by atoms with E-state index < -0.39 is 0 Å². The van der Waals surface area contributed by atoms with Crippen molar-refractivity contribution in [2.75, 3.05) is 0 Å². The molecule has 0 saturated heterocycles. The molecule has 0 unspecified atom stereocenters. The van der Waals surface area contributed by atoms with Gasteiger partial charge in [-0.3, -0.25) is 4.79 Å². The van der Waals surface area contributed by atoms with Crippen LogP contribution in [0.5, 0.6) is 0 Å². The summed E-state index contributed by atoms with van der Waals surface area (Å²) in [5.74, 6) is 1.71. The molecule has 2 heterocycles. The molecule has 4 aromatic rings. The van der Waals surface area contributed by atoms with Crippen LogP contribution in [0.4, 0.5) is 0 Å². The van der Waals surface area contributed by atoms with E-state index in [4.69, 9.17) is 8.94 Å². The number of hydrogen-bond donors (Lipinski definition) is 1. The van der Waals surface area contributed by atoms with Crippen molar-refractivity contribution in [3.8, 4) is 22.8 Å². The molecular formula is C24H24N4O3. The molecule has 7 nitrogen and oxygen atoms in total. The van der Waals surface area contributed by atoms with Gasteiger partial charge in [0.25, 0.3) is 5.91 Å². The number of rotatable bonds is 5. The van der Waals surface area contributed by atoms with Crippen molar-refractivity contribution in [3.63, 3.8) is 0 Å². The average Bonchev–Trinajstić information content (AvgIpc) is 3.42. The van der Waals surface area contributed by atoms with Crippen LogP contribution in [0.15, 0.2) is 63.7 Å². The molecule has 0 aliphatic rings. The first kappa shape index (κ1) is 20.5. The number of aryl methyl sites for hydroxylation is 1. The van der Waals surface area contributed by atoms with Crippen molar-refractivity contribution in [3.05, 3.63) is 77.6 Å². The molecule has 0 atom stereocenters. The Labute approximate surface area is 180 Å². The highest BCUT2D eigenvalue weighted by atomic mass is 16.5. The zero-order valence-electron chi connectivity index (χ0n) is 18.0. The SMILES string of the molecule is Cc1ccc(-c2cnc(-c3ccccc3C(=O)NCc3noc(C(C)(C)C)n3)o2)cc1. The lowest BCUT2D eigenvalue weighted by Crippen LogP contribution is -2.24. The van der Waals surface area contributed by atoms with Gasteiger partial charge in [-0.1, -0.05) is 67.9 Å². The molecule has 0 bridgehead atoms. The van der Waals surface area contributed by atoms with Crippen LogP contribution < -0.4 is 5.32 Å². The largest absolute Gasteiger partial charge is 0.436 e. The number of amides is 1. The van der Waals surface area contributed by atoms with Gasteiger partial charge >= 0.3 is 0 Å². The Bertz CT molecular complexity index is 1200. The number of oxazole rings is 1. The van der Waals surface area contributed by atoms with E-state index in [0.717, 1.165) is 5.56 Å². The average molecular weight is 416 g/mol. The zero-order chi connectivity index (χ0) is 22.0. The zero-order valence-corrected chi connectivity index (χ0v) is 18.0. The molecule has 31 heavy (non-hydrogen) atoms. The maximum atomic E-state index is 12.9. The van der Waals surface area contributed by atoms with Gasteiger partial charge in [0.1, 0.15) is 0 Å². The molecule has 2 aromatic carbocycles. The lowest BCUT2D eigenvalue weighted by molar-refractivity contribution is 0.0950. The van der Waals surface area contributed by atoms with Crippen LogP contribution in [-0.4, -0.2) is 21.0 Å². The van der Waals surface area contributed by atoms with Gasteiger partial charge in [0.2, 0.25) is 11.8 Å². The predicted molar refractivity (Wildman–Crippen MR) is 116 cm³/mol. The summed E-state index contributed by atoms with van der Waals surface area (Å²) < 4.78 is 11.2. The van der Waals surface area contributed by atoms with Gasteiger partial charge in [0.15, 0.2) is 11.6 Å². The van der Waals surface area contributed by atoms with E-state index in [1.54, 1.807) is 18.3 Å². The standard InChI is InChI=1S/C24H24N4O3/c1-15-9-11-16(12-10-15)19-13-26-22(30-19)18-8-6-5-7-17(18)21(29)25-14-20-27-23(31-28-20)24(2,3)4/h5-13H,14H2,1-4H3,(H,25,29). The Morgan fingerprint density at radius 3 is 2.52 bits per heavy atom. The number of aromatic nitrogens is 3. The third-order valence-corrected chi connectivity index (χ3v) is 4.76. The van der Waals surface area contributed by atoms with Gasteiger partial charge in [0.05, 0.1) is 18.3 Å². The van der Waals surface area contributed by atoms with E-state index in [2.05, 4.69) is 20.4 Å². The summed E-state index contributed by atoms with van der Waals surface area (Å²) in [6.45, 7) is 8.15. The van der Waals surface area contributed by atoms with Gasteiger partial charge in [-0.25, -0.2) is 4.98 Å². The Balaban J connectivity index is 1.53. The lowest BCUT2D eigenvalue weighted by atomic mass is 9.97. The van der Waals surface area contributed by atoms with E-state index in [1.807, 2.05) is 64.1 Å². The number of nitrogens with one attached hydrogen (secondary N) is 1. The van der Waals surface area contributed by atoms with Crippen molar-refractivity contribution >= 4 is 5.91 Å². The second-order valence-corrected chi connectivity index (χ2v) is 8.39. The normalized spacial score (nSPS) is 11.5. The molecular weight excluding hydrogens is 392 g/mol. The highest BCUT2D eigenvalue weighted by Crippen LogP contribution is 2.28. The second-order valence-electron chi connectivity index (χ2n) is 8.39. The topological polar surface area (TPSA) is 94.1 Å². The fourth-order valence-corrected chi connectivity index (χ4v) is 3.00. The minimum atomic E-state index is -0.271. The van der Waals surface area contributed by atoms with E-state index in [-0.39, 0.29) is 17.9 Å². The monoisotopic (exact) mass is 416 g/mol. The Kier molecular flexibility index (Phi) is 5.42. The fourth-order valence-electron chi connectivity index (χ4n) is 3.00. The second kappa shape index (κ2) is 8.18. The van der Waals surface area contributed by atoms with Gasteiger partial charge in [-0.15, -0.1) is 0 Å². The van der Waals surface area contributed by atoms with Crippen LogP contribution in [-0.2, 0) is 12.0 Å². The summed E-state index contributed by atoms with van der Waals surface area (Å²) in [6.07, 6.45) is 1.67. The van der Waals surface area contributed by atoms with Gasteiger partial charge in [-0.2, -0.15) is 4.98 Å². The molecule has 0 fully saturated rings. The number of carbonyl (C=O) groups is 1. The summed E-state index contributed by atoms with van der Waals surface area (Å²) in [5, 5.41) is 6.78. The quantitative estimate of drug-likeness (QED) is 0.496. The fraction of sp³-hybridized carbons (Fsp3) is 0.250. The van der Waals surface area contributed by atoms with Crippen LogP contribution in [0, 0.1) is 6.92 Å². The molecule has 2 aromatic heterocycles. The van der Waals surface area contributed by atoms with Crippen molar-refractivity contribution in [1.29, 1.82) is 0 Å². The Morgan fingerprint density at radius 1 is 1.06 bits per heavy atom. The summed E-state index contributed by atoms with van der Waals surface area (Å²) in [4.78, 5) is 21.6. The number of carbonyl (C=O) groups excluding carboxylic acids is 1. The molecule has 0 radical (unpaired) electrons. The maximum Gasteiger partial charge on any atom is 0.252 e. The molecule has 0 saturated carbocycles. The third-order valence-electron chi connectivity index (χ3n) is 4.76. The van der Waals surface area contributed by atoms with E-state index >= 15 is 0 Å². The first-order valence-electron chi connectivity index (χ1n) is 10.0. The van der Waals surface area contributed by atoms with Gasteiger partial charge in [-0.05, 0) is 19.1 Å². The summed E-state index contributed by atoms with van der Waals surface area (Å²) in [5.41, 5.74) is 2.92. The molecule has 4 rings (SSSR count). The minimum absolute atomic E-state index is 0.160. The first-order chi connectivity index (χ1) is 14.8. The van der Waals surface area contributed by atoms with E-state index in [0.29, 0.717) is 34.5 Å². The molecule has 0 spiro atoms. The van der Waals surface area contributed by atoms with E-state index in [9.17, 15) is 4.79 Å². The third kappa shape index (κ3) is 4.55. The van der Waals surface area contributed by atoms with E-state index in [1.165, 1.54) is 5.56 Å². The highest BCUT2D eigenvalue weighted by molar-refractivity contribution is 5.99. The van der Waals surface area contributed by atoms with Gasteiger partial charge < -0.3 is 14.3 Å². The smallest absolute Gasteiger partial charge is 0.252 e. The van der Waals surface area contributed by atoms with Crippen LogP contribution in [0.3, 0.4) is 0 Å². The predicted octanol–water partition coefficient (Wildman–Crippen LogP) is 4.93. The summed E-state index contributed by atoms with van der Waals surface area (Å²) >= 11 is 0. The first-order valence-corrected chi connectivity index (χ1v) is 10.0. The Hall–Kier alpha value is -3.74. The highest BCUT2D eigenvalue weighted by Gasteiger charge is 2.22. The summed E-state index contributed by atoms with van der Waals surface area (Å²) in [7, 11) is 0. The summed E-state index contributed by atoms with van der Waals surface area (Å²) in [6, 6.07) is 15.2.